The zero-order chi connectivity index (χ0) is 25.5. The van der Waals surface area contributed by atoms with E-state index in [1.807, 2.05) is 31.2 Å². The van der Waals surface area contributed by atoms with Gasteiger partial charge in [-0.25, -0.2) is 9.59 Å². The number of hydrogen-bond acceptors (Lipinski definition) is 7. The third-order valence-corrected chi connectivity index (χ3v) is 6.85. The van der Waals surface area contributed by atoms with Crippen molar-refractivity contribution in [3.8, 4) is 0 Å². The predicted molar refractivity (Wildman–Crippen MR) is 136 cm³/mol. The highest BCUT2D eigenvalue weighted by Crippen LogP contribution is 2.39. The Morgan fingerprint density at radius 3 is 1.94 bits per heavy atom. The maximum Gasteiger partial charge on any atom is 0.338 e. The lowest BCUT2D eigenvalue weighted by atomic mass is 10.1. The van der Waals surface area contributed by atoms with E-state index in [4.69, 9.17) is 19.7 Å². The Hall–Kier alpha value is -3.78. The lowest BCUT2D eigenvalue weighted by Crippen LogP contribution is -2.42. The van der Waals surface area contributed by atoms with E-state index in [1.54, 1.807) is 67.6 Å². The number of hydrogen-bond donors (Lipinski definition) is 0. The maximum absolute atomic E-state index is 13.0. The predicted octanol–water partition coefficient (Wildman–Crippen LogP) is 5.96. The van der Waals surface area contributed by atoms with Gasteiger partial charge in [-0.05, 0) is 48.9 Å². The Balaban J connectivity index is 1.67. The third-order valence-electron chi connectivity index (χ3n) is 5.69. The van der Waals surface area contributed by atoms with Crippen molar-refractivity contribution in [1.29, 1.82) is 0 Å². The quantitative estimate of drug-likeness (QED) is 0.162. The molecule has 1 heterocycles. The maximum atomic E-state index is 13.0. The third kappa shape index (κ3) is 6.07. The van der Waals surface area contributed by atoms with Gasteiger partial charge in [-0.2, -0.15) is 0 Å². The largest absolute Gasteiger partial charge is 0.452 e. The summed E-state index contributed by atoms with van der Waals surface area (Å²) in [5, 5.41) is 3.78. The van der Waals surface area contributed by atoms with E-state index in [0.29, 0.717) is 11.1 Å². The number of nitrogens with zero attached hydrogens (tertiary/aromatic N) is 3. The van der Waals surface area contributed by atoms with Gasteiger partial charge >= 0.3 is 11.9 Å². The summed E-state index contributed by atoms with van der Waals surface area (Å²) in [7, 11) is 0. The smallest absolute Gasteiger partial charge is 0.338 e. The molecule has 184 valence electrons. The van der Waals surface area contributed by atoms with Crippen molar-refractivity contribution in [3.05, 3.63) is 112 Å². The van der Waals surface area contributed by atoms with Crippen molar-refractivity contribution < 1.29 is 23.8 Å². The van der Waals surface area contributed by atoms with Crippen molar-refractivity contribution in [2.24, 2.45) is 5.11 Å². The highest BCUT2D eigenvalue weighted by atomic mass is 32.2. The van der Waals surface area contributed by atoms with Crippen LogP contribution in [0.3, 0.4) is 0 Å². The standard InChI is InChI=1S/C27H25N3O5S/c1-17-13-15-21(16-14-17)36-27-24(34-26(32)20-11-7-4-8-12-20)23(22(35-27)18(2)29-30-28)33-25(31)19-9-5-3-6-10-19/h3-16,18,22-24,27H,1-2H3/t18-,22+,23+,24+,27-/m0/s1. The van der Waals surface area contributed by atoms with Gasteiger partial charge in [0.15, 0.2) is 12.2 Å². The second-order valence-electron chi connectivity index (χ2n) is 8.32. The molecule has 0 unspecified atom stereocenters. The minimum Gasteiger partial charge on any atom is -0.452 e. The first kappa shape index (κ1) is 25.3. The highest BCUT2D eigenvalue weighted by Gasteiger charge is 2.52. The van der Waals surface area contributed by atoms with Crippen LogP contribution in [0.1, 0.15) is 33.2 Å². The molecule has 0 bridgehead atoms. The first-order valence-corrected chi connectivity index (χ1v) is 12.3. The summed E-state index contributed by atoms with van der Waals surface area (Å²) in [5.74, 6) is -1.17. The van der Waals surface area contributed by atoms with Crippen LogP contribution in [0.2, 0.25) is 0 Å². The molecule has 0 aromatic heterocycles. The molecule has 5 atom stereocenters. The van der Waals surface area contributed by atoms with Gasteiger partial charge in [0.25, 0.3) is 0 Å². The van der Waals surface area contributed by atoms with Crippen LogP contribution in [0.5, 0.6) is 0 Å². The monoisotopic (exact) mass is 503 g/mol. The summed E-state index contributed by atoms with van der Waals surface area (Å²) in [6.45, 7) is 3.66. The first-order chi connectivity index (χ1) is 17.5. The van der Waals surface area contributed by atoms with Crippen LogP contribution in [0.4, 0.5) is 0 Å². The molecule has 9 heteroatoms. The fourth-order valence-electron chi connectivity index (χ4n) is 3.82. The Labute approximate surface area is 213 Å². The molecule has 3 aromatic carbocycles. The molecule has 0 saturated carbocycles. The first-order valence-electron chi connectivity index (χ1n) is 11.4. The molecule has 0 spiro atoms. The van der Waals surface area contributed by atoms with Gasteiger partial charge in [-0.3, -0.25) is 0 Å². The molecular formula is C27H25N3O5S. The molecule has 0 amide bonds. The highest BCUT2D eigenvalue weighted by molar-refractivity contribution is 7.99. The number of ether oxygens (including phenoxy) is 3. The molecule has 3 aromatic rings. The average molecular weight is 504 g/mol. The van der Waals surface area contributed by atoms with Gasteiger partial charge in [0, 0.05) is 9.81 Å². The topological polar surface area (TPSA) is 111 Å². The van der Waals surface area contributed by atoms with E-state index in [2.05, 4.69) is 10.0 Å². The number of aryl methyl sites for hydroxylation is 1. The van der Waals surface area contributed by atoms with E-state index >= 15 is 0 Å². The Kier molecular flexibility index (Phi) is 8.28. The molecule has 1 aliphatic heterocycles. The molecule has 8 nitrogen and oxygen atoms in total. The number of carbonyl (C=O) groups excluding carboxylic acids is 2. The minimum absolute atomic E-state index is 0.343. The zero-order valence-corrected chi connectivity index (χ0v) is 20.6. The van der Waals surface area contributed by atoms with E-state index in [1.165, 1.54) is 11.8 Å². The van der Waals surface area contributed by atoms with Gasteiger partial charge in [0.2, 0.25) is 0 Å². The summed E-state index contributed by atoms with van der Waals surface area (Å²) in [6, 6.07) is 24.2. The normalized spacial score (nSPS) is 21.7. The fourth-order valence-corrected chi connectivity index (χ4v) is 4.91. The second kappa shape index (κ2) is 11.8. The Bertz CT molecular complexity index is 1230. The van der Waals surface area contributed by atoms with E-state index in [0.717, 1.165) is 10.5 Å². The van der Waals surface area contributed by atoms with Crippen LogP contribution < -0.4 is 0 Å². The summed E-state index contributed by atoms with van der Waals surface area (Å²) in [6.07, 6.45) is -2.79. The SMILES string of the molecule is Cc1ccc(S[C@@H]2O[C@H]([C@H](C)N=[N+]=[N-])[C@@H](OC(=O)c3ccccc3)[C@H]2OC(=O)c2ccccc2)cc1. The summed E-state index contributed by atoms with van der Waals surface area (Å²) >= 11 is 1.35. The molecular weight excluding hydrogens is 478 g/mol. The summed E-state index contributed by atoms with van der Waals surface area (Å²) in [4.78, 5) is 29.8. The van der Waals surface area contributed by atoms with Gasteiger partial charge in [-0.15, -0.1) is 0 Å². The number of thioether (sulfide) groups is 1. The fraction of sp³-hybridized carbons (Fsp3) is 0.259. The van der Waals surface area contributed by atoms with E-state index in [-0.39, 0.29) is 0 Å². The molecule has 1 saturated heterocycles. The zero-order valence-electron chi connectivity index (χ0n) is 19.8. The van der Waals surface area contributed by atoms with Gasteiger partial charge < -0.3 is 14.2 Å². The van der Waals surface area contributed by atoms with Crippen LogP contribution in [-0.4, -0.2) is 41.7 Å². The molecule has 0 N–H and O–H groups in total. The average Bonchev–Trinajstić information content (AvgIpc) is 3.22. The van der Waals surface area contributed by atoms with E-state index in [9.17, 15) is 9.59 Å². The summed E-state index contributed by atoms with van der Waals surface area (Å²) in [5.41, 5.74) is 10.1. The van der Waals surface area contributed by atoms with Crippen LogP contribution in [0.25, 0.3) is 10.4 Å². The van der Waals surface area contributed by atoms with Gasteiger partial charge in [0.1, 0.15) is 11.5 Å². The van der Waals surface area contributed by atoms with Crippen LogP contribution >= 0.6 is 11.8 Å². The lowest BCUT2D eigenvalue weighted by Gasteiger charge is -2.25. The van der Waals surface area contributed by atoms with Crippen LogP contribution in [0.15, 0.2) is 94.9 Å². The van der Waals surface area contributed by atoms with Crippen molar-refractivity contribution >= 4 is 23.7 Å². The molecule has 36 heavy (non-hydrogen) atoms. The van der Waals surface area contributed by atoms with Crippen molar-refractivity contribution in [1.82, 2.24) is 0 Å². The van der Waals surface area contributed by atoms with Gasteiger partial charge in [0.05, 0.1) is 17.2 Å². The number of carbonyl (C=O) groups is 2. The number of benzene rings is 3. The van der Waals surface area contributed by atoms with Crippen molar-refractivity contribution in [3.63, 3.8) is 0 Å². The number of rotatable bonds is 8. The minimum atomic E-state index is -1.01. The Morgan fingerprint density at radius 2 is 1.42 bits per heavy atom. The number of azide groups is 1. The number of esters is 2. The molecule has 1 aliphatic rings. The van der Waals surface area contributed by atoms with Gasteiger partial charge in [-0.1, -0.05) is 77.9 Å². The molecule has 1 fully saturated rings. The van der Waals surface area contributed by atoms with Crippen molar-refractivity contribution in [2.75, 3.05) is 0 Å². The van der Waals surface area contributed by atoms with E-state index < -0.39 is 41.7 Å². The van der Waals surface area contributed by atoms with Crippen LogP contribution in [0, 0.1) is 6.92 Å². The van der Waals surface area contributed by atoms with Crippen molar-refractivity contribution in [2.45, 2.75) is 48.5 Å². The molecule has 4 rings (SSSR count). The Morgan fingerprint density at radius 1 is 0.889 bits per heavy atom. The summed E-state index contributed by atoms with van der Waals surface area (Å²) < 4.78 is 18.0. The molecule has 0 aliphatic carbocycles. The van der Waals surface area contributed by atoms with Crippen LogP contribution in [-0.2, 0) is 14.2 Å². The second-order valence-corrected chi connectivity index (χ2v) is 9.49. The molecule has 0 radical (unpaired) electrons. The lowest BCUT2D eigenvalue weighted by molar-refractivity contribution is -0.0321.